The number of anilines is 1. The molecule has 0 aliphatic heterocycles. The average Bonchev–Trinajstić information content (AvgIpc) is 3.03. The van der Waals surface area contributed by atoms with E-state index in [-0.39, 0.29) is 5.91 Å². The largest absolute Gasteiger partial charge is 0.326 e. The van der Waals surface area contributed by atoms with Crippen molar-refractivity contribution in [3.63, 3.8) is 0 Å². The Balaban J connectivity index is 1.66. The molecule has 121 valence electrons. The normalized spacial score (nSPS) is 10.5. The number of fused-ring (bicyclic) bond motifs is 1. The molecule has 0 saturated carbocycles. The van der Waals surface area contributed by atoms with Crippen molar-refractivity contribution in [3.05, 3.63) is 71.5 Å². The van der Waals surface area contributed by atoms with Crippen molar-refractivity contribution in [2.75, 3.05) is 5.32 Å². The molecule has 0 bridgehead atoms. The first-order valence-corrected chi connectivity index (χ1v) is 8.13. The van der Waals surface area contributed by atoms with Crippen molar-refractivity contribution >= 4 is 38.9 Å². The van der Waals surface area contributed by atoms with Gasteiger partial charge in [0.15, 0.2) is 0 Å². The van der Waals surface area contributed by atoms with Gasteiger partial charge in [-0.15, -0.1) is 11.3 Å². The fourth-order valence-electron chi connectivity index (χ4n) is 2.31. The highest BCUT2D eigenvalue weighted by atomic mass is 32.1. The molecule has 0 saturated heterocycles. The highest BCUT2D eigenvalue weighted by Gasteiger charge is 2.10. The Hall–Kier alpha value is -2.70. The number of hydroxylamine groups is 1. The van der Waals surface area contributed by atoms with Gasteiger partial charge in [-0.2, -0.15) is 0 Å². The number of hydrogen-bond donors (Lipinski definition) is 3. The monoisotopic (exact) mass is 339 g/mol. The first-order valence-electron chi connectivity index (χ1n) is 7.32. The lowest BCUT2D eigenvalue weighted by molar-refractivity contribution is -0.113. The van der Waals surface area contributed by atoms with Crippen LogP contribution in [-0.4, -0.2) is 17.0 Å². The number of rotatable bonds is 5. The maximum Gasteiger partial charge on any atom is 0.284 e. The second kappa shape index (κ2) is 7.25. The Kier molecular flexibility index (Phi) is 4.88. The van der Waals surface area contributed by atoms with E-state index in [1.165, 1.54) is 11.3 Å². The van der Waals surface area contributed by atoms with Gasteiger partial charge in [0, 0.05) is 10.4 Å². The predicted molar refractivity (Wildman–Crippen MR) is 94.2 cm³/mol. The lowest BCUT2D eigenvalue weighted by Crippen LogP contribution is -2.16. The number of nitrogens with one attached hydrogen (secondary N) is 2. The molecular weight excluding hydrogens is 324 g/mol. The van der Waals surface area contributed by atoms with Gasteiger partial charge in [0.2, 0.25) is 5.91 Å². The molecule has 6 heteroatoms. The minimum Gasteiger partial charge on any atom is -0.326 e. The molecule has 1 aromatic heterocycles. The standard InChI is InChI=1S/C18H15N2O3S/c21-17(9-6-12-4-2-1-3-5-12)19-14-7-8-15-13(10-14)11-16(24-15)18(22)20-23/h1-5,7-11,23H,6H2,(H,19,21)(H,20,22). The molecular formula is C18H15N2O3S. The lowest BCUT2D eigenvalue weighted by atomic mass is 10.1. The molecule has 0 unspecified atom stereocenters. The lowest BCUT2D eigenvalue weighted by Gasteiger charge is -2.05. The van der Waals surface area contributed by atoms with E-state index in [2.05, 4.69) is 5.32 Å². The number of carbonyl (C=O) groups is 2. The van der Waals surface area contributed by atoms with Crippen LogP contribution in [0.3, 0.4) is 0 Å². The second-order valence-corrected chi connectivity index (χ2v) is 6.27. The van der Waals surface area contributed by atoms with E-state index >= 15 is 0 Å². The molecule has 24 heavy (non-hydrogen) atoms. The molecule has 0 fully saturated rings. The molecule has 1 radical (unpaired) electrons. The summed E-state index contributed by atoms with van der Waals surface area (Å²) in [4.78, 5) is 23.9. The van der Waals surface area contributed by atoms with Gasteiger partial charge in [-0.05, 0) is 41.6 Å². The topological polar surface area (TPSA) is 78.4 Å². The van der Waals surface area contributed by atoms with Crippen LogP contribution in [0, 0.1) is 6.42 Å². The van der Waals surface area contributed by atoms with Crippen LogP contribution in [-0.2, 0) is 11.2 Å². The highest BCUT2D eigenvalue weighted by molar-refractivity contribution is 7.20. The smallest absolute Gasteiger partial charge is 0.284 e. The summed E-state index contributed by atoms with van der Waals surface area (Å²) in [6.45, 7) is 0. The van der Waals surface area contributed by atoms with Gasteiger partial charge in [-0.25, -0.2) is 5.48 Å². The fraction of sp³-hybridized carbons (Fsp3) is 0.0556. The van der Waals surface area contributed by atoms with Crippen LogP contribution in [0.15, 0.2) is 54.6 Å². The van der Waals surface area contributed by atoms with Gasteiger partial charge in [0.25, 0.3) is 5.91 Å². The first-order chi connectivity index (χ1) is 11.7. The zero-order valence-electron chi connectivity index (χ0n) is 12.7. The Morgan fingerprint density at radius 3 is 2.62 bits per heavy atom. The van der Waals surface area contributed by atoms with Gasteiger partial charge in [-0.1, -0.05) is 30.3 Å². The minimum atomic E-state index is -0.544. The van der Waals surface area contributed by atoms with Gasteiger partial charge in [0.1, 0.15) is 0 Å². The number of benzene rings is 2. The quantitative estimate of drug-likeness (QED) is 0.492. The Bertz CT molecular complexity index is 874. The molecule has 0 atom stereocenters. The van der Waals surface area contributed by atoms with Crippen LogP contribution in [0.5, 0.6) is 0 Å². The Labute approximate surface area is 142 Å². The maximum atomic E-state index is 12.0. The SMILES string of the molecule is O=C([CH]Cc1ccccc1)Nc1ccc2sc(C(=O)NO)cc2c1. The zero-order chi connectivity index (χ0) is 16.9. The highest BCUT2D eigenvalue weighted by Crippen LogP contribution is 2.28. The number of hydrogen-bond acceptors (Lipinski definition) is 4. The van der Waals surface area contributed by atoms with Crippen molar-refractivity contribution in [1.82, 2.24) is 5.48 Å². The van der Waals surface area contributed by atoms with E-state index < -0.39 is 5.91 Å². The van der Waals surface area contributed by atoms with Crippen molar-refractivity contribution in [1.29, 1.82) is 0 Å². The Morgan fingerprint density at radius 1 is 1.08 bits per heavy atom. The number of carbonyl (C=O) groups excluding carboxylic acids is 2. The van der Waals surface area contributed by atoms with Crippen LogP contribution >= 0.6 is 11.3 Å². The number of thiophene rings is 1. The predicted octanol–water partition coefficient (Wildman–Crippen LogP) is 3.41. The van der Waals surface area contributed by atoms with Crippen molar-refractivity contribution < 1.29 is 14.8 Å². The molecule has 0 aliphatic rings. The molecule has 2 amide bonds. The van der Waals surface area contributed by atoms with E-state index in [9.17, 15) is 9.59 Å². The van der Waals surface area contributed by atoms with Gasteiger partial charge in [0.05, 0.1) is 11.3 Å². The van der Waals surface area contributed by atoms with Crippen LogP contribution in [0.25, 0.3) is 10.1 Å². The minimum absolute atomic E-state index is 0.179. The molecule has 0 aliphatic carbocycles. The number of amides is 2. The molecule has 3 N–H and O–H groups in total. The van der Waals surface area contributed by atoms with Crippen LogP contribution in [0.1, 0.15) is 15.2 Å². The molecule has 0 spiro atoms. The van der Waals surface area contributed by atoms with E-state index in [1.807, 2.05) is 36.4 Å². The van der Waals surface area contributed by atoms with E-state index in [0.29, 0.717) is 17.0 Å². The molecule has 2 aromatic carbocycles. The van der Waals surface area contributed by atoms with Crippen LogP contribution < -0.4 is 10.8 Å². The van der Waals surface area contributed by atoms with E-state index in [4.69, 9.17) is 5.21 Å². The van der Waals surface area contributed by atoms with Crippen LogP contribution in [0.2, 0.25) is 0 Å². The van der Waals surface area contributed by atoms with E-state index in [1.54, 1.807) is 30.1 Å². The summed E-state index contributed by atoms with van der Waals surface area (Å²) in [5.74, 6) is -0.722. The van der Waals surface area contributed by atoms with Crippen molar-refractivity contribution in [2.24, 2.45) is 0 Å². The van der Waals surface area contributed by atoms with E-state index in [0.717, 1.165) is 15.6 Å². The maximum absolute atomic E-state index is 12.0. The van der Waals surface area contributed by atoms with Gasteiger partial charge >= 0.3 is 0 Å². The van der Waals surface area contributed by atoms with Crippen molar-refractivity contribution in [3.8, 4) is 0 Å². The summed E-state index contributed by atoms with van der Waals surface area (Å²) in [6, 6.07) is 16.8. The third-order valence-corrected chi connectivity index (χ3v) is 4.59. The van der Waals surface area contributed by atoms with Crippen LogP contribution in [0.4, 0.5) is 5.69 Å². The zero-order valence-corrected chi connectivity index (χ0v) is 13.5. The fourth-order valence-corrected chi connectivity index (χ4v) is 3.24. The summed E-state index contributed by atoms with van der Waals surface area (Å²) in [5.41, 5.74) is 3.35. The second-order valence-electron chi connectivity index (χ2n) is 5.19. The summed E-state index contributed by atoms with van der Waals surface area (Å²) >= 11 is 1.27. The van der Waals surface area contributed by atoms with Gasteiger partial charge < -0.3 is 5.32 Å². The summed E-state index contributed by atoms with van der Waals surface area (Å²) < 4.78 is 0.903. The van der Waals surface area contributed by atoms with Crippen molar-refractivity contribution in [2.45, 2.75) is 6.42 Å². The molecule has 1 heterocycles. The summed E-state index contributed by atoms with van der Waals surface area (Å²) in [5, 5.41) is 12.3. The molecule has 3 rings (SSSR count). The molecule has 3 aromatic rings. The Morgan fingerprint density at radius 2 is 1.88 bits per heavy atom. The summed E-state index contributed by atoms with van der Waals surface area (Å²) in [6.07, 6.45) is 2.16. The first kappa shape index (κ1) is 16.2. The molecule has 5 nitrogen and oxygen atoms in total. The van der Waals surface area contributed by atoms with Gasteiger partial charge in [-0.3, -0.25) is 14.8 Å². The average molecular weight is 339 g/mol. The third-order valence-electron chi connectivity index (χ3n) is 3.48. The third kappa shape index (κ3) is 3.79. The summed E-state index contributed by atoms with van der Waals surface area (Å²) in [7, 11) is 0.